The van der Waals surface area contributed by atoms with Gasteiger partial charge in [0, 0.05) is 19.5 Å². The molecule has 8 heteroatoms. The number of rotatable bonds is 2. The second-order valence-corrected chi connectivity index (χ2v) is 8.24. The minimum absolute atomic E-state index is 0.189. The van der Waals surface area contributed by atoms with Crippen LogP contribution in [0.4, 0.5) is 5.69 Å². The van der Waals surface area contributed by atoms with Gasteiger partial charge in [0.25, 0.3) is 0 Å². The second-order valence-electron chi connectivity index (χ2n) is 8.24. The van der Waals surface area contributed by atoms with Gasteiger partial charge in [-0.05, 0) is 31.7 Å². The fraction of sp³-hybridized carbons (Fsp3) is 0.722. The van der Waals surface area contributed by atoms with E-state index in [-0.39, 0.29) is 12.2 Å². The van der Waals surface area contributed by atoms with Gasteiger partial charge in [-0.15, -0.1) is 10.2 Å². The van der Waals surface area contributed by atoms with Crippen molar-refractivity contribution in [1.82, 2.24) is 19.8 Å². The summed E-state index contributed by atoms with van der Waals surface area (Å²) >= 11 is 0. The molecule has 0 amide bonds. The molecule has 4 rings (SSSR count). The lowest BCUT2D eigenvalue weighted by atomic mass is 9.76. The lowest BCUT2D eigenvalue weighted by Gasteiger charge is -2.50. The molecule has 2 N–H and O–H groups in total. The van der Waals surface area contributed by atoms with E-state index in [2.05, 4.69) is 40.1 Å². The van der Waals surface area contributed by atoms with Gasteiger partial charge >= 0.3 is 0 Å². The zero-order valence-electron chi connectivity index (χ0n) is 15.6. The Kier molecular flexibility index (Phi) is 4.17. The first-order valence-electron chi connectivity index (χ1n) is 9.30. The van der Waals surface area contributed by atoms with Crippen molar-refractivity contribution in [3.63, 3.8) is 0 Å². The quantitative estimate of drug-likeness (QED) is 0.827. The van der Waals surface area contributed by atoms with Gasteiger partial charge in [-0.3, -0.25) is 0 Å². The van der Waals surface area contributed by atoms with E-state index in [1.54, 1.807) is 17.8 Å². The SMILES string of the molecule is CC(C)c1cc(N2CCC3(CC2)C[C@](C)(O)[C@@H](O)CO3)c2nncn2n1. The third kappa shape index (κ3) is 2.95. The molecule has 0 radical (unpaired) electrons. The zero-order valence-corrected chi connectivity index (χ0v) is 15.6. The summed E-state index contributed by atoms with van der Waals surface area (Å²) in [7, 11) is 0. The van der Waals surface area contributed by atoms with Crippen molar-refractivity contribution in [2.24, 2.45) is 0 Å². The average Bonchev–Trinajstić information content (AvgIpc) is 3.07. The number of hydrogen-bond donors (Lipinski definition) is 2. The van der Waals surface area contributed by atoms with Crippen molar-refractivity contribution in [2.75, 3.05) is 24.6 Å². The van der Waals surface area contributed by atoms with Crippen molar-refractivity contribution in [3.05, 3.63) is 18.1 Å². The number of anilines is 1. The molecule has 0 aromatic carbocycles. The molecule has 0 unspecified atom stereocenters. The summed E-state index contributed by atoms with van der Waals surface area (Å²) in [4.78, 5) is 2.30. The van der Waals surface area contributed by atoms with Gasteiger partial charge in [-0.25, -0.2) is 0 Å². The number of fused-ring (bicyclic) bond motifs is 1. The first-order chi connectivity index (χ1) is 12.3. The standard InChI is InChI=1S/C18H27N5O3/c1-12(2)13-8-14(16-20-19-11-23(16)21-13)22-6-4-18(5-7-22)10-17(3,25)15(24)9-26-18/h8,11-12,15,24-25H,4-7,9-10H2,1-3H3/t15-,17-/m0/s1. The van der Waals surface area contributed by atoms with Gasteiger partial charge in [0.15, 0.2) is 0 Å². The predicted molar refractivity (Wildman–Crippen MR) is 96.2 cm³/mol. The maximum Gasteiger partial charge on any atom is 0.200 e. The van der Waals surface area contributed by atoms with E-state index >= 15 is 0 Å². The van der Waals surface area contributed by atoms with Crippen LogP contribution in [0.3, 0.4) is 0 Å². The Morgan fingerprint density at radius 2 is 2.04 bits per heavy atom. The molecule has 2 atom stereocenters. The minimum Gasteiger partial charge on any atom is -0.388 e. The number of nitrogens with zero attached hydrogens (tertiary/aromatic N) is 5. The summed E-state index contributed by atoms with van der Waals surface area (Å²) in [6, 6.07) is 2.11. The molecular weight excluding hydrogens is 334 g/mol. The van der Waals surface area contributed by atoms with E-state index in [9.17, 15) is 10.2 Å². The maximum atomic E-state index is 10.5. The highest BCUT2D eigenvalue weighted by atomic mass is 16.5. The van der Waals surface area contributed by atoms with Crippen LogP contribution in [0.5, 0.6) is 0 Å². The second kappa shape index (κ2) is 6.14. The Bertz CT molecular complexity index is 795. The third-order valence-electron chi connectivity index (χ3n) is 5.82. The molecule has 8 nitrogen and oxygen atoms in total. The predicted octanol–water partition coefficient (Wildman–Crippen LogP) is 1.12. The zero-order chi connectivity index (χ0) is 18.5. The molecule has 0 bridgehead atoms. The van der Waals surface area contributed by atoms with E-state index in [1.807, 2.05) is 0 Å². The fourth-order valence-corrected chi connectivity index (χ4v) is 4.08. The van der Waals surface area contributed by atoms with Gasteiger partial charge in [0.1, 0.15) is 12.4 Å². The van der Waals surface area contributed by atoms with E-state index in [1.165, 1.54) is 0 Å². The van der Waals surface area contributed by atoms with E-state index in [4.69, 9.17) is 4.74 Å². The maximum absolute atomic E-state index is 10.5. The third-order valence-corrected chi connectivity index (χ3v) is 5.82. The summed E-state index contributed by atoms with van der Waals surface area (Å²) in [5.74, 6) is 0.315. The number of ether oxygens (including phenoxy) is 1. The van der Waals surface area contributed by atoms with Gasteiger partial charge in [0.05, 0.1) is 29.2 Å². The molecule has 0 saturated carbocycles. The molecular formula is C18H27N5O3. The summed E-state index contributed by atoms with van der Waals surface area (Å²) in [5, 5.41) is 33.3. The van der Waals surface area contributed by atoms with Crippen LogP contribution in [0.2, 0.25) is 0 Å². The number of aliphatic hydroxyl groups is 2. The van der Waals surface area contributed by atoms with Crippen molar-refractivity contribution < 1.29 is 14.9 Å². The van der Waals surface area contributed by atoms with Crippen LogP contribution in [-0.4, -0.2) is 67.0 Å². The average molecular weight is 361 g/mol. The largest absolute Gasteiger partial charge is 0.388 e. The summed E-state index contributed by atoms with van der Waals surface area (Å²) < 4.78 is 7.73. The van der Waals surface area contributed by atoms with E-state index in [0.717, 1.165) is 43.0 Å². The minimum atomic E-state index is -1.10. The van der Waals surface area contributed by atoms with E-state index < -0.39 is 11.7 Å². The van der Waals surface area contributed by atoms with Crippen LogP contribution >= 0.6 is 0 Å². The molecule has 2 aromatic heterocycles. The lowest BCUT2D eigenvalue weighted by Crippen LogP contribution is -2.59. The van der Waals surface area contributed by atoms with Crippen LogP contribution in [0.15, 0.2) is 12.4 Å². The number of piperidine rings is 1. The lowest BCUT2D eigenvalue weighted by molar-refractivity contribution is -0.216. The van der Waals surface area contributed by atoms with Crippen LogP contribution < -0.4 is 4.90 Å². The highest BCUT2D eigenvalue weighted by Crippen LogP contribution is 2.40. The van der Waals surface area contributed by atoms with Gasteiger partial charge in [0.2, 0.25) is 5.65 Å². The van der Waals surface area contributed by atoms with Crippen LogP contribution in [0, 0.1) is 0 Å². The van der Waals surface area contributed by atoms with Gasteiger partial charge < -0.3 is 19.8 Å². The Hall–Kier alpha value is -1.77. The van der Waals surface area contributed by atoms with Crippen LogP contribution in [0.25, 0.3) is 5.65 Å². The van der Waals surface area contributed by atoms with Crippen molar-refractivity contribution in [2.45, 2.75) is 63.3 Å². The Balaban J connectivity index is 1.57. The normalized spacial score (nSPS) is 29.0. The Morgan fingerprint density at radius 1 is 1.31 bits per heavy atom. The Morgan fingerprint density at radius 3 is 2.69 bits per heavy atom. The molecule has 2 saturated heterocycles. The van der Waals surface area contributed by atoms with Crippen LogP contribution in [0.1, 0.15) is 51.6 Å². The first-order valence-corrected chi connectivity index (χ1v) is 9.30. The van der Waals surface area contributed by atoms with Crippen molar-refractivity contribution in [3.8, 4) is 0 Å². The van der Waals surface area contributed by atoms with Gasteiger partial charge in [-0.2, -0.15) is 9.61 Å². The number of aromatic nitrogens is 4. The smallest absolute Gasteiger partial charge is 0.200 e. The molecule has 2 aliphatic rings. The van der Waals surface area contributed by atoms with Gasteiger partial charge in [-0.1, -0.05) is 13.8 Å². The van der Waals surface area contributed by atoms with Crippen molar-refractivity contribution >= 4 is 11.3 Å². The fourth-order valence-electron chi connectivity index (χ4n) is 4.08. The topological polar surface area (TPSA) is 96.0 Å². The first kappa shape index (κ1) is 17.6. The summed E-state index contributed by atoms with van der Waals surface area (Å²) in [5.41, 5.74) is 1.35. The summed E-state index contributed by atoms with van der Waals surface area (Å²) in [6.07, 6.45) is 2.88. The summed E-state index contributed by atoms with van der Waals surface area (Å²) in [6.45, 7) is 7.74. The molecule has 26 heavy (non-hydrogen) atoms. The Labute approximate surface area is 152 Å². The van der Waals surface area contributed by atoms with Crippen molar-refractivity contribution in [1.29, 1.82) is 0 Å². The molecule has 2 fully saturated rings. The molecule has 1 spiro atoms. The van der Waals surface area contributed by atoms with E-state index in [0.29, 0.717) is 12.3 Å². The molecule has 4 heterocycles. The monoisotopic (exact) mass is 361 g/mol. The number of hydrogen-bond acceptors (Lipinski definition) is 7. The number of aliphatic hydroxyl groups excluding tert-OH is 1. The molecule has 2 aliphatic heterocycles. The highest BCUT2D eigenvalue weighted by Gasteiger charge is 2.48. The molecule has 0 aliphatic carbocycles. The van der Waals surface area contributed by atoms with Crippen LogP contribution in [-0.2, 0) is 4.74 Å². The highest BCUT2D eigenvalue weighted by molar-refractivity contribution is 5.68. The molecule has 142 valence electrons. The molecule has 2 aromatic rings.